The molecular formula is C16H19NO. The van der Waals surface area contributed by atoms with Crippen LogP contribution in [-0.4, -0.2) is 11.7 Å². The van der Waals surface area contributed by atoms with Crippen molar-refractivity contribution < 1.29 is 5.11 Å². The molecule has 94 valence electrons. The number of aryl methyl sites for hydroxylation is 1. The summed E-state index contributed by atoms with van der Waals surface area (Å²) < 4.78 is 0. The summed E-state index contributed by atoms with van der Waals surface area (Å²) in [6.07, 6.45) is 0.307. The maximum Gasteiger partial charge on any atom is 0.0806 e. The fourth-order valence-corrected chi connectivity index (χ4v) is 1.87. The Bertz CT molecular complexity index is 464. The van der Waals surface area contributed by atoms with Crippen molar-refractivity contribution in [3.63, 3.8) is 0 Å². The molecule has 0 fully saturated rings. The highest BCUT2D eigenvalue weighted by Crippen LogP contribution is 2.16. The van der Waals surface area contributed by atoms with E-state index in [9.17, 15) is 5.11 Å². The molecule has 0 saturated heterocycles. The van der Waals surface area contributed by atoms with E-state index < -0.39 is 6.10 Å². The summed E-state index contributed by atoms with van der Waals surface area (Å²) in [4.78, 5) is 0. The van der Waals surface area contributed by atoms with Crippen LogP contribution in [0.2, 0.25) is 0 Å². The lowest BCUT2D eigenvalue weighted by molar-refractivity contribution is 0.171. The molecule has 0 unspecified atom stereocenters. The summed E-state index contributed by atoms with van der Waals surface area (Å²) >= 11 is 0. The fraction of sp³-hybridized carbons (Fsp3) is 0.250. The zero-order valence-electron chi connectivity index (χ0n) is 10.6. The highest BCUT2D eigenvalue weighted by atomic mass is 16.3. The van der Waals surface area contributed by atoms with Gasteiger partial charge >= 0.3 is 0 Å². The number of hydrogen-bond donors (Lipinski definition) is 2. The minimum Gasteiger partial charge on any atom is -0.388 e. The molecule has 0 aliphatic heterocycles. The molecule has 2 nitrogen and oxygen atoms in total. The summed E-state index contributed by atoms with van der Waals surface area (Å²) in [5.74, 6) is 0. The highest BCUT2D eigenvalue weighted by Gasteiger charge is 2.05. The van der Waals surface area contributed by atoms with Crippen LogP contribution in [0.4, 0.5) is 5.69 Å². The van der Waals surface area contributed by atoms with Crippen LogP contribution in [0.3, 0.4) is 0 Å². The predicted octanol–water partition coefficient (Wildman–Crippen LogP) is 3.53. The van der Waals surface area contributed by atoms with Crippen molar-refractivity contribution in [2.75, 3.05) is 11.9 Å². The molecule has 18 heavy (non-hydrogen) atoms. The second-order valence-electron chi connectivity index (χ2n) is 4.51. The van der Waals surface area contributed by atoms with Crippen LogP contribution < -0.4 is 5.32 Å². The molecule has 0 heterocycles. The van der Waals surface area contributed by atoms with Crippen molar-refractivity contribution in [1.82, 2.24) is 0 Å². The molecule has 2 aromatic carbocycles. The van der Waals surface area contributed by atoms with Crippen LogP contribution in [0.25, 0.3) is 0 Å². The number of rotatable bonds is 5. The Labute approximate surface area is 108 Å². The molecule has 0 saturated carbocycles. The van der Waals surface area contributed by atoms with E-state index in [4.69, 9.17) is 0 Å². The van der Waals surface area contributed by atoms with E-state index in [2.05, 4.69) is 36.5 Å². The number of benzene rings is 2. The van der Waals surface area contributed by atoms with E-state index in [1.54, 1.807) is 0 Å². The van der Waals surface area contributed by atoms with Gasteiger partial charge in [0.05, 0.1) is 6.10 Å². The third kappa shape index (κ3) is 3.60. The first kappa shape index (κ1) is 12.7. The van der Waals surface area contributed by atoms with Crippen molar-refractivity contribution in [2.45, 2.75) is 19.4 Å². The number of anilines is 1. The molecule has 2 heteroatoms. The number of aliphatic hydroxyl groups excluding tert-OH is 1. The molecule has 0 radical (unpaired) electrons. The SMILES string of the molecule is Cc1ccc(NCC[C@@H](O)c2ccccc2)cc1. The predicted molar refractivity (Wildman–Crippen MR) is 75.7 cm³/mol. The van der Waals surface area contributed by atoms with Crippen molar-refractivity contribution in [1.29, 1.82) is 0 Å². The van der Waals surface area contributed by atoms with Crippen molar-refractivity contribution in [2.24, 2.45) is 0 Å². The van der Waals surface area contributed by atoms with Gasteiger partial charge in [-0.1, -0.05) is 48.0 Å². The Morgan fingerprint density at radius 1 is 1.00 bits per heavy atom. The van der Waals surface area contributed by atoms with Crippen molar-refractivity contribution in [3.8, 4) is 0 Å². The van der Waals surface area contributed by atoms with Gasteiger partial charge in [-0.15, -0.1) is 0 Å². The third-order valence-corrected chi connectivity index (χ3v) is 2.98. The van der Waals surface area contributed by atoms with E-state index >= 15 is 0 Å². The average Bonchev–Trinajstić information content (AvgIpc) is 2.42. The number of hydrogen-bond acceptors (Lipinski definition) is 2. The minimum atomic E-state index is -0.399. The van der Waals surface area contributed by atoms with E-state index in [1.807, 2.05) is 30.3 Å². The highest BCUT2D eigenvalue weighted by molar-refractivity contribution is 5.44. The van der Waals surface area contributed by atoms with Gasteiger partial charge in [0, 0.05) is 12.2 Å². The molecule has 1 atom stereocenters. The molecule has 0 bridgehead atoms. The minimum absolute atomic E-state index is 0.399. The molecule has 0 aromatic heterocycles. The van der Waals surface area contributed by atoms with Crippen LogP contribution in [0, 0.1) is 6.92 Å². The van der Waals surface area contributed by atoms with Crippen molar-refractivity contribution in [3.05, 3.63) is 65.7 Å². The van der Waals surface area contributed by atoms with E-state index in [1.165, 1.54) is 5.56 Å². The quantitative estimate of drug-likeness (QED) is 0.839. The Morgan fingerprint density at radius 3 is 2.33 bits per heavy atom. The number of aliphatic hydroxyl groups is 1. The first-order valence-corrected chi connectivity index (χ1v) is 6.29. The Kier molecular flexibility index (Phi) is 4.37. The lowest BCUT2D eigenvalue weighted by Crippen LogP contribution is -2.07. The lowest BCUT2D eigenvalue weighted by Gasteiger charge is -2.12. The van der Waals surface area contributed by atoms with E-state index in [0.717, 1.165) is 17.8 Å². The second kappa shape index (κ2) is 6.22. The topological polar surface area (TPSA) is 32.3 Å². The van der Waals surface area contributed by atoms with Gasteiger partial charge in [-0.05, 0) is 31.0 Å². The smallest absolute Gasteiger partial charge is 0.0806 e. The molecular weight excluding hydrogens is 222 g/mol. The van der Waals surface area contributed by atoms with Gasteiger partial charge in [0.2, 0.25) is 0 Å². The third-order valence-electron chi connectivity index (χ3n) is 2.98. The van der Waals surface area contributed by atoms with Gasteiger partial charge in [-0.3, -0.25) is 0 Å². The van der Waals surface area contributed by atoms with Gasteiger partial charge in [0.25, 0.3) is 0 Å². The molecule has 2 N–H and O–H groups in total. The Balaban J connectivity index is 1.80. The first-order valence-electron chi connectivity index (χ1n) is 6.29. The number of nitrogens with one attached hydrogen (secondary N) is 1. The molecule has 0 amide bonds. The zero-order valence-corrected chi connectivity index (χ0v) is 10.6. The molecule has 0 aliphatic rings. The Morgan fingerprint density at radius 2 is 1.67 bits per heavy atom. The summed E-state index contributed by atoms with van der Waals surface area (Å²) in [5.41, 5.74) is 3.33. The molecule has 0 spiro atoms. The van der Waals surface area contributed by atoms with Gasteiger partial charge in [-0.25, -0.2) is 0 Å². The largest absolute Gasteiger partial charge is 0.388 e. The summed E-state index contributed by atoms with van der Waals surface area (Å²) in [5, 5.41) is 13.3. The maximum atomic E-state index is 10.0. The lowest BCUT2D eigenvalue weighted by atomic mass is 10.1. The maximum absolute atomic E-state index is 10.0. The van der Waals surface area contributed by atoms with Crippen LogP contribution in [0.15, 0.2) is 54.6 Å². The van der Waals surface area contributed by atoms with Gasteiger partial charge in [0.15, 0.2) is 0 Å². The van der Waals surface area contributed by atoms with E-state index in [0.29, 0.717) is 6.42 Å². The summed E-state index contributed by atoms with van der Waals surface area (Å²) in [6.45, 7) is 2.84. The van der Waals surface area contributed by atoms with Crippen LogP contribution in [0.5, 0.6) is 0 Å². The van der Waals surface area contributed by atoms with Crippen molar-refractivity contribution >= 4 is 5.69 Å². The summed E-state index contributed by atoms with van der Waals surface area (Å²) in [6, 6.07) is 18.0. The first-order chi connectivity index (χ1) is 8.75. The fourth-order valence-electron chi connectivity index (χ4n) is 1.87. The van der Waals surface area contributed by atoms with Gasteiger partial charge in [-0.2, -0.15) is 0 Å². The van der Waals surface area contributed by atoms with E-state index in [-0.39, 0.29) is 0 Å². The molecule has 2 aromatic rings. The standard InChI is InChI=1S/C16H19NO/c1-13-7-9-15(10-8-13)17-12-11-16(18)14-5-3-2-4-6-14/h2-10,16-18H,11-12H2,1H3/t16-/m1/s1. The monoisotopic (exact) mass is 241 g/mol. The Hall–Kier alpha value is -1.80. The normalized spacial score (nSPS) is 12.1. The van der Waals surface area contributed by atoms with Crippen LogP contribution in [-0.2, 0) is 0 Å². The summed E-state index contributed by atoms with van der Waals surface area (Å²) in [7, 11) is 0. The second-order valence-corrected chi connectivity index (χ2v) is 4.51. The van der Waals surface area contributed by atoms with Gasteiger partial charge in [0.1, 0.15) is 0 Å². The van der Waals surface area contributed by atoms with Crippen LogP contribution in [0.1, 0.15) is 23.7 Å². The average molecular weight is 241 g/mol. The molecule has 2 rings (SSSR count). The zero-order chi connectivity index (χ0) is 12.8. The van der Waals surface area contributed by atoms with Gasteiger partial charge < -0.3 is 10.4 Å². The molecule has 0 aliphatic carbocycles. The van der Waals surface area contributed by atoms with Crippen LogP contribution >= 0.6 is 0 Å².